The average molecular weight is 433 g/mol. The maximum Gasteiger partial charge on any atom is 2.00 e. The van der Waals surface area contributed by atoms with Gasteiger partial charge in [0.05, 0.1) is 19.0 Å². The largest absolute Gasteiger partial charge is 2.00 e. The molecule has 132 valence electrons. The Morgan fingerprint density at radius 3 is 1.27 bits per heavy atom. The average Bonchev–Trinajstić information content (AvgIpc) is 3.44. The van der Waals surface area contributed by atoms with Crippen LogP contribution in [-0.2, 0) is 30.4 Å². The van der Waals surface area contributed by atoms with Gasteiger partial charge in [-0.05, 0) is 37.9 Å². The van der Waals surface area contributed by atoms with E-state index in [4.69, 9.17) is 9.30 Å². The Morgan fingerprint density at radius 2 is 1.12 bits per heavy atom. The van der Waals surface area contributed by atoms with Gasteiger partial charge in [-0.3, -0.25) is 0 Å². The van der Waals surface area contributed by atoms with Gasteiger partial charge < -0.3 is 13.4 Å². The Hall–Kier alpha value is -2.14. The molecule has 0 atom stereocenters. The Bertz CT molecular complexity index is 594. The van der Waals surface area contributed by atoms with Gasteiger partial charge in [-0.15, -0.1) is 0 Å². The first-order chi connectivity index (χ1) is 12.2. The number of rotatable bonds is 4. The second-order valence-electron chi connectivity index (χ2n) is 4.66. The van der Waals surface area contributed by atoms with E-state index in [-0.39, 0.29) is 28.2 Å². The van der Waals surface area contributed by atoms with Crippen molar-refractivity contribution in [2.75, 3.05) is 0 Å². The van der Waals surface area contributed by atoms with Crippen molar-refractivity contribution in [2.45, 2.75) is 13.8 Å². The van der Waals surface area contributed by atoms with Crippen LogP contribution in [0.5, 0.6) is 0 Å². The predicted molar refractivity (Wildman–Crippen MR) is 90.7 cm³/mol. The monoisotopic (exact) mass is 435 g/mol. The Morgan fingerprint density at radius 1 is 0.846 bits per heavy atom. The molecule has 0 unspecified atom stereocenters. The molecule has 8 nitrogen and oxygen atoms in total. The summed E-state index contributed by atoms with van der Waals surface area (Å²) in [7, 11) is -0.0486. The van der Waals surface area contributed by atoms with E-state index in [0.29, 0.717) is 0 Å². The Balaban J connectivity index is 0. The van der Waals surface area contributed by atoms with E-state index in [1.807, 2.05) is 52.3 Å². The van der Waals surface area contributed by atoms with Crippen molar-refractivity contribution in [1.29, 1.82) is 0 Å². The molecule has 4 radical (unpaired) electrons. The van der Waals surface area contributed by atoms with Crippen molar-refractivity contribution >= 4 is 7.12 Å². The maximum absolute atomic E-state index is 7.50. The summed E-state index contributed by atoms with van der Waals surface area (Å²) >= 11 is 0. The zero-order valence-electron chi connectivity index (χ0n) is 14.5. The first-order valence-corrected chi connectivity index (χ1v) is 6.98. The first-order valence-electron chi connectivity index (χ1n) is 6.98. The number of imidazole rings is 3. The van der Waals surface area contributed by atoms with Crippen LogP contribution in [-0.4, -0.2) is 35.5 Å². The van der Waals surface area contributed by atoms with Crippen LogP contribution in [0.4, 0.5) is 0 Å². The maximum atomic E-state index is 7.50. The molecule has 0 fully saturated rings. The molecule has 0 aromatic carbocycles. The molecule has 26 heavy (non-hydrogen) atoms. The van der Waals surface area contributed by atoms with Gasteiger partial charge in [-0.1, -0.05) is 13.8 Å². The molecule has 3 aromatic rings. The van der Waals surface area contributed by atoms with Crippen molar-refractivity contribution < 1.29 is 30.4 Å². The minimum atomic E-state index is -0.0486. The molecule has 0 amide bonds. The summed E-state index contributed by atoms with van der Waals surface area (Å²) in [6.07, 6.45) is 18.1. The second kappa shape index (κ2) is 16.3. The molecule has 0 aliphatic heterocycles. The fourth-order valence-electron chi connectivity index (χ4n) is 1.68. The normalized spacial score (nSPS) is 8.81. The van der Waals surface area contributed by atoms with Crippen molar-refractivity contribution in [2.24, 2.45) is 0 Å². The van der Waals surface area contributed by atoms with Crippen LogP contribution >= 0.6 is 0 Å². The van der Waals surface area contributed by atoms with E-state index in [9.17, 15) is 0 Å². The number of hydrogen-bond donors (Lipinski definition) is 0. The van der Waals surface area contributed by atoms with E-state index in [1.54, 1.807) is 37.6 Å². The van der Waals surface area contributed by atoms with Crippen molar-refractivity contribution in [3.05, 3.63) is 88.7 Å². The third-order valence-corrected chi connectivity index (χ3v) is 2.78. The van der Waals surface area contributed by atoms with Crippen molar-refractivity contribution in [3.8, 4) is 0 Å². The van der Waals surface area contributed by atoms with Crippen LogP contribution in [0.15, 0.2) is 56.2 Å². The van der Waals surface area contributed by atoms with Crippen LogP contribution in [0.25, 0.3) is 0 Å². The third-order valence-electron chi connectivity index (χ3n) is 2.78. The molecule has 3 rings (SSSR count). The molecule has 10 heteroatoms. The topological polar surface area (TPSA) is 93.3 Å². The number of nitrogens with zero attached hydrogens (tertiary/aromatic N) is 6. The number of aromatic nitrogens is 6. The summed E-state index contributed by atoms with van der Waals surface area (Å²) in [5, 5.41) is 0. The smallest absolute Gasteiger partial charge is 0.498 e. The fraction of sp³-hybridized carbons (Fsp3) is 0.125. The van der Waals surface area contributed by atoms with E-state index in [0.717, 1.165) is 0 Å². The molecular formula is C16H18BMoN6O2+. The van der Waals surface area contributed by atoms with Gasteiger partial charge in [0.2, 0.25) is 7.12 Å². The van der Waals surface area contributed by atoms with Gasteiger partial charge in [-0.25, -0.2) is 15.0 Å². The zero-order valence-corrected chi connectivity index (χ0v) is 16.5. The van der Waals surface area contributed by atoms with Gasteiger partial charge in [-0.2, -0.15) is 0 Å². The standard InChI is InChI=1S/C9H9BN6.C5H9.2CO.Mo/c1-4-14(7-11-1)10(15-5-2-12-8-15)16-6-3-13-9-16;1-4-5(2)3;2*1-2;/h1-9H;4H,1H2,2-3H3;;;/q-1;;;;+2. The third kappa shape index (κ3) is 8.81. The van der Waals surface area contributed by atoms with E-state index >= 15 is 0 Å². The van der Waals surface area contributed by atoms with E-state index < -0.39 is 0 Å². The summed E-state index contributed by atoms with van der Waals surface area (Å²) in [5.74, 6) is 1.27. The minimum Gasteiger partial charge on any atom is -0.498 e. The van der Waals surface area contributed by atoms with Crippen LogP contribution in [0.1, 0.15) is 13.8 Å². The molecule has 0 aliphatic rings. The van der Waals surface area contributed by atoms with Gasteiger partial charge in [0.1, 0.15) is 0 Å². The zero-order chi connectivity index (χ0) is 19.1. The summed E-state index contributed by atoms with van der Waals surface area (Å²) in [5.41, 5.74) is 0. The Kier molecular flexibility index (Phi) is 16.4. The SMILES string of the molecule is [C-]#[O+].[C-]#[O+].[CH2][CH][C](C)C.[Mo+2].c1cn([B-](n2ccnc2)n2ccnc2)cn1. The van der Waals surface area contributed by atoms with Crippen molar-refractivity contribution in [1.82, 2.24) is 28.4 Å². The quantitative estimate of drug-likeness (QED) is 0.357. The molecule has 0 saturated carbocycles. The summed E-state index contributed by atoms with van der Waals surface area (Å²) in [4.78, 5) is 12.2. The molecule has 0 N–H and O–H groups in total. The summed E-state index contributed by atoms with van der Waals surface area (Å²) < 4.78 is 20.9. The van der Waals surface area contributed by atoms with E-state index in [2.05, 4.69) is 35.2 Å². The van der Waals surface area contributed by atoms with Gasteiger partial charge >= 0.3 is 43.7 Å². The van der Waals surface area contributed by atoms with Crippen LogP contribution < -0.4 is 0 Å². The minimum absolute atomic E-state index is 0. The van der Waals surface area contributed by atoms with Crippen LogP contribution in [0, 0.1) is 32.6 Å². The molecule has 3 heterocycles. The first kappa shape index (κ1) is 26.1. The second-order valence-corrected chi connectivity index (χ2v) is 4.66. The summed E-state index contributed by atoms with van der Waals surface area (Å²) in [6.45, 7) is 16.6. The Labute approximate surface area is 168 Å². The van der Waals surface area contributed by atoms with Gasteiger partial charge in [0, 0.05) is 18.6 Å². The fourth-order valence-corrected chi connectivity index (χ4v) is 1.68. The molecular weight excluding hydrogens is 415 g/mol. The predicted octanol–water partition coefficient (Wildman–Crippen LogP) is 1.77. The molecule has 3 aromatic heterocycles. The van der Waals surface area contributed by atoms with E-state index in [1.165, 1.54) is 5.92 Å². The van der Waals surface area contributed by atoms with Crippen LogP contribution in [0.3, 0.4) is 0 Å². The molecule has 0 spiro atoms. The van der Waals surface area contributed by atoms with Gasteiger partial charge in [0.15, 0.2) is 0 Å². The molecule has 0 aliphatic carbocycles. The number of hydrogen-bond acceptors (Lipinski definition) is 3. The van der Waals surface area contributed by atoms with Crippen LogP contribution in [0.2, 0.25) is 0 Å². The molecule has 0 bridgehead atoms. The summed E-state index contributed by atoms with van der Waals surface area (Å²) in [6, 6.07) is 0. The van der Waals surface area contributed by atoms with Gasteiger partial charge in [0.25, 0.3) is 0 Å². The molecule has 0 saturated heterocycles. The van der Waals surface area contributed by atoms with Crippen molar-refractivity contribution in [3.63, 3.8) is 0 Å².